The maximum absolute atomic E-state index is 10.6. The molecule has 3 fully saturated rings. The Balaban J connectivity index is 0.998. The van der Waals surface area contributed by atoms with E-state index in [1.165, 1.54) is 63.6 Å². The van der Waals surface area contributed by atoms with Crippen molar-refractivity contribution in [1.82, 2.24) is 30.0 Å². The number of benzene rings is 1. The summed E-state index contributed by atoms with van der Waals surface area (Å²) in [6.07, 6.45) is 14.6. The fourth-order valence-electron chi connectivity index (χ4n) is 8.18. The highest BCUT2D eigenvalue weighted by Gasteiger charge is 2.50. The van der Waals surface area contributed by atoms with Crippen LogP contribution in [0.4, 0.5) is 5.95 Å². The number of aromatic nitrogens is 5. The number of rotatable bonds is 5. The van der Waals surface area contributed by atoms with E-state index in [2.05, 4.69) is 50.1 Å². The number of nitrogens with zero attached hydrogens (tertiary/aromatic N) is 6. The van der Waals surface area contributed by atoms with Crippen molar-refractivity contribution in [3.05, 3.63) is 65.1 Å². The molecule has 0 unspecified atom stereocenters. The molecule has 0 bridgehead atoms. The second-order valence-electron chi connectivity index (χ2n) is 13.0. The first-order valence-corrected chi connectivity index (χ1v) is 15.5. The van der Waals surface area contributed by atoms with Crippen LogP contribution in [-0.2, 0) is 6.42 Å². The van der Waals surface area contributed by atoms with Gasteiger partial charge in [-0.15, -0.1) is 10.2 Å². The summed E-state index contributed by atoms with van der Waals surface area (Å²) in [5.74, 6) is 1.22. The molecule has 4 aliphatic rings. The van der Waals surface area contributed by atoms with E-state index in [9.17, 15) is 5.11 Å². The van der Waals surface area contributed by atoms with E-state index in [0.717, 1.165) is 63.5 Å². The molecule has 0 amide bonds. The summed E-state index contributed by atoms with van der Waals surface area (Å²) in [6.45, 7) is 5.21. The Labute approximate surface area is 241 Å². The number of aliphatic hydroxyl groups excluding tert-OH is 1. The summed E-state index contributed by atoms with van der Waals surface area (Å²) in [4.78, 5) is 18.1. The van der Waals surface area contributed by atoms with Gasteiger partial charge in [0.2, 0.25) is 5.95 Å². The molecule has 2 saturated carbocycles. The van der Waals surface area contributed by atoms with Crippen molar-refractivity contribution in [3.8, 4) is 11.3 Å². The Morgan fingerprint density at radius 3 is 2.51 bits per heavy atom. The topological polar surface area (TPSA) is 94.1 Å². The van der Waals surface area contributed by atoms with Gasteiger partial charge in [-0.1, -0.05) is 30.7 Å². The monoisotopic (exact) mass is 549 g/mol. The van der Waals surface area contributed by atoms with Gasteiger partial charge >= 0.3 is 0 Å². The lowest BCUT2D eigenvalue weighted by atomic mass is 9.53. The van der Waals surface area contributed by atoms with Gasteiger partial charge in [-0.25, -0.2) is 9.97 Å². The van der Waals surface area contributed by atoms with Crippen LogP contribution in [0.1, 0.15) is 79.3 Å². The summed E-state index contributed by atoms with van der Waals surface area (Å²) < 4.78 is 0. The van der Waals surface area contributed by atoms with Gasteiger partial charge in [0.25, 0.3) is 0 Å². The van der Waals surface area contributed by atoms with E-state index in [1.54, 1.807) is 0 Å². The number of hydrogen-bond donors (Lipinski definition) is 2. The van der Waals surface area contributed by atoms with Gasteiger partial charge in [0.1, 0.15) is 0 Å². The molecule has 8 rings (SSSR count). The number of aromatic amines is 1. The minimum atomic E-state index is -0.239. The van der Waals surface area contributed by atoms with Gasteiger partial charge in [0.05, 0.1) is 18.3 Å². The number of aliphatic hydroxyl groups is 1. The van der Waals surface area contributed by atoms with E-state index in [-0.39, 0.29) is 12.6 Å². The Morgan fingerprint density at radius 2 is 1.80 bits per heavy atom. The van der Waals surface area contributed by atoms with Crippen LogP contribution >= 0.6 is 0 Å². The average Bonchev–Trinajstić information content (AvgIpc) is 3.34. The molecule has 3 aromatic heterocycles. The van der Waals surface area contributed by atoms with Crippen LogP contribution in [0, 0.1) is 12.3 Å². The summed E-state index contributed by atoms with van der Waals surface area (Å²) >= 11 is 0. The highest BCUT2D eigenvalue weighted by molar-refractivity contribution is 5.86. The molecule has 0 radical (unpaired) electrons. The average molecular weight is 550 g/mol. The number of aryl methyl sites for hydroxylation is 1. The van der Waals surface area contributed by atoms with Crippen LogP contribution in [0.15, 0.2) is 42.7 Å². The van der Waals surface area contributed by atoms with E-state index in [4.69, 9.17) is 9.97 Å². The molecule has 2 aliphatic carbocycles. The third kappa shape index (κ3) is 4.26. The van der Waals surface area contributed by atoms with Crippen LogP contribution in [-0.4, -0.2) is 67.4 Å². The second kappa shape index (κ2) is 9.88. The molecular weight excluding hydrogens is 510 g/mol. The Bertz CT molecular complexity index is 1560. The molecule has 4 aromatic rings. The number of H-pyrrole nitrogens is 1. The molecular formula is C33H39N7O. The van der Waals surface area contributed by atoms with Gasteiger partial charge < -0.3 is 19.9 Å². The summed E-state index contributed by atoms with van der Waals surface area (Å²) in [7, 11) is 0. The normalized spacial score (nSPS) is 23.0. The highest BCUT2D eigenvalue weighted by Crippen LogP contribution is 2.57. The van der Waals surface area contributed by atoms with Gasteiger partial charge in [-0.2, -0.15) is 0 Å². The lowest BCUT2D eigenvalue weighted by Crippen LogP contribution is -2.55. The van der Waals surface area contributed by atoms with Crippen LogP contribution < -0.4 is 4.90 Å². The second-order valence-corrected chi connectivity index (χ2v) is 13.0. The zero-order chi connectivity index (χ0) is 27.6. The largest absolute Gasteiger partial charge is 0.394 e. The van der Waals surface area contributed by atoms with Crippen LogP contribution in [0.2, 0.25) is 0 Å². The number of nitrogens with one attached hydrogen (secondary N) is 1. The van der Waals surface area contributed by atoms with Crippen molar-refractivity contribution in [2.24, 2.45) is 5.41 Å². The highest BCUT2D eigenvalue weighted by atomic mass is 16.3. The first-order valence-electron chi connectivity index (χ1n) is 15.5. The zero-order valence-electron chi connectivity index (χ0n) is 23.9. The van der Waals surface area contributed by atoms with Crippen LogP contribution in [0.5, 0.6) is 0 Å². The van der Waals surface area contributed by atoms with Crippen molar-refractivity contribution in [2.75, 3.05) is 31.1 Å². The minimum Gasteiger partial charge on any atom is -0.394 e. The molecule has 1 spiro atoms. The van der Waals surface area contributed by atoms with Crippen molar-refractivity contribution in [3.63, 3.8) is 0 Å². The minimum absolute atomic E-state index is 0.0198. The molecule has 212 valence electrons. The van der Waals surface area contributed by atoms with Crippen LogP contribution in [0.25, 0.3) is 22.3 Å². The van der Waals surface area contributed by atoms with Gasteiger partial charge in [0, 0.05) is 53.6 Å². The Kier molecular flexibility index (Phi) is 6.11. The lowest BCUT2D eigenvalue weighted by Gasteiger charge is -2.58. The van der Waals surface area contributed by atoms with Gasteiger partial charge in [-0.3, -0.25) is 0 Å². The van der Waals surface area contributed by atoms with Crippen molar-refractivity contribution >= 4 is 17.0 Å². The standard InChI is InChI=1S/C33H39N7O/c1-21-5-2-3-6-25(21)28-15-26-30-27(36-31(26)38-37-28)9-14-40(29(30)20-41)32-34-18-23(19-35-32)22-7-12-39(13-8-22)24-16-33(17-24)10-4-11-33/h2-3,5-6,15,18-19,22,24,29,41H,4,7-14,16-17,20H2,1H3,(H,36,38)/t29-/m1/s1. The van der Waals surface area contributed by atoms with E-state index in [0.29, 0.717) is 11.9 Å². The Hall–Kier alpha value is -3.36. The third-order valence-corrected chi connectivity index (χ3v) is 10.8. The number of hydrogen-bond acceptors (Lipinski definition) is 7. The number of fused-ring (bicyclic) bond motifs is 3. The molecule has 8 heteroatoms. The lowest BCUT2D eigenvalue weighted by molar-refractivity contribution is -0.0611. The number of anilines is 1. The SMILES string of the molecule is Cc1ccccc1-c1cc2c3c([nH]c2nn1)CCN(c1ncc(C2CCN(C4CC5(CCC5)C4)CC2)cn1)[C@@H]3CO. The maximum Gasteiger partial charge on any atom is 0.225 e. The predicted molar refractivity (Wildman–Crippen MR) is 160 cm³/mol. The number of likely N-dealkylation sites (tertiary alicyclic amines) is 1. The van der Waals surface area contributed by atoms with Crippen molar-refractivity contribution in [2.45, 2.75) is 76.3 Å². The van der Waals surface area contributed by atoms with E-state index in [1.807, 2.05) is 24.5 Å². The number of piperidine rings is 1. The fourth-order valence-corrected chi connectivity index (χ4v) is 8.18. The third-order valence-electron chi connectivity index (χ3n) is 10.8. The molecule has 2 N–H and O–H groups in total. The van der Waals surface area contributed by atoms with Gasteiger partial charge in [-0.05, 0) is 87.1 Å². The van der Waals surface area contributed by atoms with Gasteiger partial charge in [0.15, 0.2) is 5.65 Å². The smallest absolute Gasteiger partial charge is 0.225 e. The molecule has 1 aromatic carbocycles. The summed E-state index contributed by atoms with van der Waals surface area (Å²) in [5, 5.41) is 20.7. The molecule has 1 atom stereocenters. The Morgan fingerprint density at radius 1 is 1.02 bits per heavy atom. The first kappa shape index (κ1) is 25.4. The van der Waals surface area contributed by atoms with E-state index < -0.39 is 0 Å². The quantitative estimate of drug-likeness (QED) is 0.347. The van der Waals surface area contributed by atoms with Crippen LogP contribution in [0.3, 0.4) is 0 Å². The first-order chi connectivity index (χ1) is 20.1. The molecule has 41 heavy (non-hydrogen) atoms. The molecule has 5 heterocycles. The molecule has 2 aliphatic heterocycles. The predicted octanol–water partition coefficient (Wildman–Crippen LogP) is 5.33. The maximum atomic E-state index is 10.6. The molecule has 8 nitrogen and oxygen atoms in total. The fraction of sp³-hybridized carbons (Fsp3) is 0.515. The van der Waals surface area contributed by atoms with Crippen molar-refractivity contribution < 1.29 is 5.11 Å². The summed E-state index contributed by atoms with van der Waals surface area (Å²) in [6, 6.07) is 10.9. The zero-order valence-corrected chi connectivity index (χ0v) is 23.9. The van der Waals surface area contributed by atoms with Crippen molar-refractivity contribution in [1.29, 1.82) is 0 Å². The summed E-state index contributed by atoms with van der Waals surface area (Å²) in [5.41, 5.74) is 8.04. The van der Waals surface area contributed by atoms with E-state index >= 15 is 0 Å². The molecule has 1 saturated heterocycles.